The lowest BCUT2D eigenvalue weighted by Gasteiger charge is -2.30. The number of nitrogens with zero attached hydrogens (tertiary/aromatic N) is 2. The molecule has 0 unspecified atom stereocenters. The van der Waals surface area contributed by atoms with Gasteiger partial charge in [0.1, 0.15) is 0 Å². The highest BCUT2D eigenvalue weighted by Crippen LogP contribution is 2.28. The van der Waals surface area contributed by atoms with E-state index in [2.05, 4.69) is 51.5 Å². The molecule has 23 heavy (non-hydrogen) atoms. The normalized spacial score (nSPS) is 12.3. The van der Waals surface area contributed by atoms with Gasteiger partial charge in [-0.25, -0.2) is 4.98 Å². The summed E-state index contributed by atoms with van der Waals surface area (Å²) in [5.41, 5.74) is 0. The molecule has 1 aromatic rings. The van der Waals surface area contributed by atoms with Crippen molar-refractivity contribution in [2.24, 2.45) is 0 Å². The second kappa shape index (κ2) is 8.77. The van der Waals surface area contributed by atoms with Gasteiger partial charge >= 0.3 is 6.01 Å². The Balaban J connectivity index is 3.08. The van der Waals surface area contributed by atoms with Gasteiger partial charge in [0.05, 0.1) is 6.20 Å². The molecule has 0 saturated heterocycles. The fourth-order valence-corrected chi connectivity index (χ4v) is 7.69. The molecule has 132 valence electrons. The Labute approximate surface area is 142 Å². The van der Waals surface area contributed by atoms with Gasteiger partial charge in [0, 0.05) is 0 Å². The van der Waals surface area contributed by atoms with Gasteiger partial charge in [-0.05, 0) is 36.3 Å². The van der Waals surface area contributed by atoms with E-state index in [1.807, 2.05) is 0 Å². The predicted molar refractivity (Wildman–Crippen MR) is 97.6 cm³/mol. The van der Waals surface area contributed by atoms with E-state index in [9.17, 15) is 4.39 Å². The van der Waals surface area contributed by atoms with E-state index in [0.717, 1.165) is 36.3 Å². The summed E-state index contributed by atoms with van der Waals surface area (Å²) in [5, 5.41) is 0. The molecule has 1 rings (SSSR count). The van der Waals surface area contributed by atoms with Crippen molar-refractivity contribution in [2.75, 3.05) is 0 Å². The van der Waals surface area contributed by atoms with Gasteiger partial charge in [-0.3, -0.25) is 0 Å². The van der Waals surface area contributed by atoms with Crippen LogP contribution in [0.2, 0.25) is 36.3 Å². The molecule has 0 aromatic carbocycles. The average molecular weight is 359 g/mol. The van der Waals surface area contributed by atoms with Gasteiger partial charge in [-0.1, -0.05) is 41.5 Å². The first-order valence-corrected chi connectivity index (χ1v) is 13.9. The average Bonchev–Trinajstić information content (AvgIpc) is 2.60. The molecule has 1 aromatic heterocycles. The zero-order valence-electron chi connectivity index (χ0n) is 15.4. The summed E-state index contributed by atoms with van der Waals surface area (Å²) in [5.74, 6) is -0.431. The highest BCUT2D eigenvalue weighted by atomic mass is 28.4. The standard InChI is InChI=1S/C16H31FN2O2Si2/c1-7-22(8-2,9-3)20-15-14(17)13-18-16(19-15)21-23(10-4,11-5)12-6/h13H,7-12H2,1-6H3. The van der Waals surface area contributed by atoms with Crippen LogP contribution >= 0.6 is 0 Å². The minimum absolute atomic E-state index is 0.0680. The van der Waals surface area contributed by atoms with Crippen LogP contribution in [0.15, 0.2) is 6.20 Å². The lowest BCUT2D eigenvalue weighted by atomic mass is 10.6. The maximum Gasteiger partial charge on any atom is 0.305 e. The van der Waals surface area contributed by atoms with Crippen molar-refractivity contribution in [3.05, 3.63) is 12.0 Å². The second-order valence-electron chi connectivity index (χ2n) is 6.00. The largest absolute Gasteiger partial charge is 0.528 e. The van der Waals surface area contributed by atoms with Crippen LogP contribution in [0.4, 0.5) is 4.39 Å². The van der Waals surface area contributed by atoms with Gasteiger partial charge in [0.25, 0.3) is 16.6 Å². The third-order valence-corrected chi connectivity index (χ3v) is 14.2. The summed E-state index contributed by atoms with van der Waals surface area (Å²) in [7, 11) is -3.84. The Morgan fingerprint density at radius 3 is 1.70 bits per heavy atom. The molecule has 0 spiro atoms. The van der Waals surface area contributed by atoms with E-state index in [1.54, 1.807) is 0 Å². The van der Waals surface area contributed by atoms with E-state index in [0.29, 0.717) is 0 Å². The monoisotopic (exact) mass is 358 g/mol. The van der Waals surface area contributed by atoms with Crippen molar-refractivity contribution >= 4 is 16.6 Å². The Kier molecular flexibility index (Phi) is 7.66. The first-order valence-electron chi connectivity index (χ1n) is 8.84. The molecule has 0 bridgehead atoms. The van der Waals surface area contributed by atoms with Crippen molar-refractivity contribution in [1.29, 1.82) is 0 Å². The van der Waals surface area contributed by atoms with Crippen LogP contribution in [0, 0.1) is 5.82 Å². The van der Waals surface area contributed by atoms with Gasteiger partial charge in [0.2, 0.25) is 11.7 Å². The van der Waals surface area contributed by atoms with Crippen LogP contribution in [0.5, 0.6) is 11.9 Å². The first-order chi connectivity index (χ1) is 10.9. The fraction of sp³-hybridized carbons (Fsp3) is 0.750. The molecule has 0 aliphatic carbocycles. The number of rotatable bonds is 10. The van der Waals surface area contributed by atoms with Gasteiger partial charge < -0.3 is 8.85 Å². The highest BCUT2D eigenvalue weighted by Gasteiger charge is 2.34. The van der Waals surface area contributed by atoms with Gasteiger partial charge in [0.15, 0.2) is 0 Å². The Morgan fingerprint density at radius 1 is 0.826 bits per heavy atom. The molecule has 0 amide bonds. The van der Waals surface area contributed by atoms with E-state index in [4.69, 9.17) is 8.85 Å². The maximum absolute atomic E-state index is 14.1. The van der Waals surface area contributed by atoms with Crippen LogP contribution in [-0.4, -0.2) is 26.6 Å². The van der Waals surface area contributed by atoms with E-state index >= 15 is 0 Å². The summed E-state index contributed by atoms with van der Waals surface area (Å²) in [6.07, 6.45) is 1.18. The number of halogens is 1. The summed E-state index contributed by atoms with van der Waals surface area (Å²) in [6.45, 7) is 12.8. The molecular weight excluding hydrogens is 327 g/mol. The zero-order valence-corrected chi connectivity index (χ0v) is 17.4. The topological polar surface area (TPSA) is 44.2 Å². The van der Waals surface area contributed by atoms with Crippen molar-refractivity contribution in [3.63, 3.8) is 0 Å². The molecule has 0 aliphatic heterocycles. The summed E-state index contributed by atoms with van der Waals surface area (Å²) >= 11 is 0. The van der Waals surface area contributed by atoms with Gasteiger partial charge in [-0.2, -0.15) is 9.37 Å². The molecule has 0 aliphatic rings. The van der Waals surface area contributed by atoms with Crippen molar-refractivity contribution in [2.45, 2.75) is 77.8 Å². The minimum atomic E-state index is -1.97. The summed E-state index contributed by atoms with van der Waals surface area (Å²) in [6, 6.07) is 6.08. The van der Waals surface area contributed by atoms with Crippen molar-refractivity contribution < 1.29 is 13.2 Å². The van der Waals surface area contributed by atoms with E-state index in [1.165, 1.54) is 6.20 Å². The van der Waals surface area contributed by atoms with Crippen LogP contribution in [0.1, 0.15) is 41.5 Å². The third kappa shape index (κ3) is 4.76. The number of hydrogen-bond donors (Lipinski definition) is 0. The van der Waals surface area contributed by atoms with E-state index < -0.39 is 22.5 Å². The Morgan fingerprint density at radius 2 is 1.26 bits per heavy atom. The molecule has 7 heteroatoms. The number of hydrogen-bond acceptors (Lipinski definition) is 4. The lowest BCUT2D eigenvalue weighted by Crippen LogP contribution is -2.41. The smallest absolute Gasteiger partial charge is 0.305 e. The molecule has 1 heterocycles. The number of aromatic nitrogens is 2. The van der Waals surface area contributed by atoms with Crippen LogP contribution in [-0.2, 0) is 0 Å². The molecule has 0 atom stereocenters. The molecule has 4 nitrogen and oxygen atoms in total. The Hall–Kier alpha value is -0.956. The van der Waals surface area contributed by atoms with Crippen LogP contribution in [0.25, 0.3) is 0 Å². The summed E-state index contributed by atoms with van der Waals surface area (Å²) < 4.78 is 26.3. The van der Waals surface area contributed by atoms with Crippen LogP contribution in [0.3, 0.4) is 0 Å². The van der Waals surface area contributed by atoms with Crippen molar-refractivity contribution in [1.82, 2.24) is 9.97 Å². The highest BCUT2D eigenvalue weighted by molar-refractivity contribution is 6.74. The lowest BCUT2D eigenvalue weighted by molar-refractivity contribution is 0.425. The Bertz CT molecular complexity index is 478. The molecule has 0 radical (unpaired) electrons. The SMILES string of the molecule is CC[Si](CC)(CC)Oc1ncc(F)c(O[Si](CC)(CC)CC)n1. The zero-order chi connectivity index (χ0) is 17.5. The quantitative estimate of drug-likeness (QED) is 0.526. The van der Waals surface area contributed by atoms with Crippen LogP contribution < -0.4 is 8.85 Å². The first kappa shape index (κ1) is 20.1. The third-order valence-electron chi connectivity index (χ3n) is 5.18. The van der Waals surface area contributed by atoms with E-state index in [-0.39, 0.29) is 11.9 Å². The summed E-state index contributed by atoms with van der Waals surface area (Å²) in [4.78, 5) is 8.31. The second-order valence-corrected chi connectivity index (χ2v) is 15.4. The van der Waals surface area contributed by atoms with Gasteiger partial charge in [-0.15, -0.1) is 0 Å². The molecular formula is C16H31FN2O2Si2. The maximum atomic E-state index is 14.1. The molecule has 0 saturated carbocycles. The molecule has 0 N–H and O–H groups in total. The predicted octanol–water partition coefficient (Wildman–Crippen LogP) is 5.38. The fourth-order valence-electron chi connectivity index (χ4n) is 2.79. The molecule has 0 fully saturated rings. The van der Waals surface area contributed by atoms with Crippen molar-refractivity contribution in [3.8, 4) is 11.9 Å². The minimum Gasteiger partial charge on any atom is -0.528 e.